The number of nitro benzene ring substituents is 1. The Morgan fingerprint density at radius 2 is 1.83 bits per heavy atom. The highest BCUT2D eigenvalue weighted by Gasteiger charge is 2.26. The zero-order valence-corrected chi connectivity index (χ0v) is 19.2. The number of benzene rings is 2. The second kappa shape index (κ2) is 10.4. The minimum atomic E-state index is -0.892. The molecule has 2 aromatic carbocycles. The van der Waals surface area contributed by atoms with E-state index in [1.165, 1.54) is 18.3 Å². The first kappa shape index (κ1) is 24.0. The molecular formula is C26H25FN4O4. The summed E-state index contributed by atoms with van der Waals surface area (Å²) in [7, 11) is 0. The van der Waals surface area contributed by atoms with Gasteiger partial charge >= 0.3 is 0 Å². The van der Waals surface area contributed by atoms with Crippen molar-refractivity contribution in [3.05, 3.63) is 87.9 Å². The van der Waals surface area contributed by atoms with Crippen molar-refractivity contribution in [3.63, 3.8) is 0 Å². The molecule has 4 rings (SSSR count). The Morgan fingerprint density at radius 1 is 1.11 bits per heavy atom. The molecule has 0 unspecified atom stereocenters. The maximum atomic E-state index is 15.0. The molecule has 3 aromatic rings. The third kappa shape index (κ3) is 5.51. The van der Waals surface area contributed by atoms with Gasteiger partial charge < -0.3 is 10.6 Å². The van der Waals surface area contributed by atoms with Crippen LogP contribution in [0, 0.1) is 21.8 Å². The van der Waals surface area contributed by atoms with Gasteiger partial charge in [-0.2, -0.15) is 0 Å². The van der Waals surface area contributed by atoms with Crippen LogP contribution in [0.5, 0.6) is 0 Å². The van der Waals surface area contributed by atoms with Crippen LogP contribution in [0.2, 0.25) is 0 Å². The number of anilines is 1. The average molecular weight is 477 g/mol. The highest BCUT2D eigenvalue weighted by molar-refractivity contribution is 5.97. The summed E-state index contributed by atoms with van der Waals surface area (Å²) in [5.41, 5.74) is 0.252. The van der Waals surface area contributed by atoms with Crippen molar-refractivity contribution >= 4 is 23.3 Å². The van der Waals surface area contributed by atoms with Crippen LogP contribution in [0.15, 0.2) is 60.8 Å². The zero-order valence-electron chi connectivity index (χ0n) is 19.2. The van der Waals surface area contributed by atoms with E-state index in [4.69, 9.17) is 0 Å². The van der Waals surface area contributed by atoms with Gasteiger partial charge in [0.2, 0.25) is 5.91 Å². The van der Waals surface area contributed by atoms with Crippen molar-refractivity contribution in [1.29, 1.82) is 0 Å². The normalized spacial score (nSPS) is 14.3. The first-order chi connectivity index (χ1) is 16.8. The van der Waals surface area contributed by atoms with Gasteiger partial charge in [-0.05, 0) is 49.1 Å². The fraction of sp³-hybridized carbons (Fsp3) is 0.269. The number of halogens is 1. The molecular weight excluding hydrogens is 451 g/mol. The monoisotopic (exact) mass is 476 g/mol. The molecule has 1 aliphatic rings. The van der Waals surface area contributed by atoms with Crippen molar-refractivity contribution in [1.82, 2.24) is 10.3 Å². The lowest BCUT2D eigenvalue weighted by molar-refractivity contribution is -0.384. The number of hydrogen-bond acceptors (Lipinski definition) is 5. The first-order valence-electron chi connectivity index (χ1n) is 11.4. The van der Waals surface area contributed by atoms with E-state index in [-0.39, 0.29) is 23.2 Å². The van der Waals surface area contributed by atoms with Crippen molar-refractivity contribution in [2.45, 2.75) is 38.6 Å². The standard InChI is InChI=1S/C26H25FN4O4/c1-16(17-7-3-2-4-8-17)29-26(33)21-15-23(31(34)35)20(14-22(21)27)19-11-12-28-24(13-19)30-25(32)18-9-5-6-10-18/h2-4,7-8,11-16,18H,5-6,9-10H2,1H3,(H,29,33)(H,28,30,32)/t16-/m1/s1. The quantitative estimate of drug-likeness (QED) is 0.349. The molecule has 0 saturated heterocycles. The van der Waals surface area contributed by atoms with Crippen LogP contribution in [-0.2, 0) is 4.79 Å². The predicted molar refractivity (Wildman–Crippen MR) is 129 cm³/mol. The van der Waals surface area contributed by atoms with Gasteiger partial charge in [-0.15, -0.1) is 0 Å². The molecule has 0 spiro atoms. The minimum absolute atomic E-state index is 0.0149. The summed E-state index contributed by atoms with van der Waals surface area (Å²) in [5, 5.41) is 17.3. The Hall–Kier alpha value is -4.14. The molecule has 8 nitrogen and oxygen atoms in total. The van der Waals surface area contributed by atoms with Gasteiger partial charge in [-0.1, -0.05) is 43.2 Å². The first-order valence-corrected chi connectivity index (χ1v) is 11.4. The molecule has 9 heteroatoms. The number of carbonyl (C=O) groups excluding carboxylic acids is 2. The van der Waals surface area contributed by atoms with Crippen LogP contribution in [0.25, 0.3) is 11.1 Å². The van der Waals surface area contributed by atoms with E-state index in [0.717, 1.165) is 43.4 Å². The number of carbonyl (C=O) groups is 2. The molecule has 1 fully saturated rings. The SMILES string of the molecule is C[C@@H](NC(=O)c1cc([N+](=O)[O-])c(-c2ccnc(NC(=O)C3CCCC3)c2)cc1F)c1ccccc1. The summed E-state index contributed by atoms with van der Waals surface area (Å²) in [6.07, 6.45) is 5.02. The third-order valence-corrected chi connectivity index (χ3v) is 6.22. The summed E-state index contributed by atoms with van der Waals surface area (Å²) < 4.78 is 15.0. The van der Waals surface area contributed by atoms with Gasteiger partial charge in [0.1, 0.15) is 11.6 Å². The van der Waals surface area contributed by atoms with Gasteiger partial charge in [-0.3, -0.25) is 19.7 Å². The summed E-state index contributed by atoms with van der Waals surface area (Å²) >= 11 is 0. The molecule has 180 valence electrons. The van der Waals surface area contributed by atoms with Crippen molar-refractivity contribution in [2.75, 3.05) is 5.32 Å². The number of hydrogen-bond donors (Lipinski definition) is 2. The lowest BCUT2D eigenvalue weighted by atomic mass is 10.0. The molecule has 2 amide bonds. The molecule has 35 heavy (non-hydrogen) atoms. The maximum Gasteiger partial charge on any atom is 0.278 e. The summed E-state index contributed by atoms with van der Waals surface area (Å²) in [4.78, 5) is 40.5. The Balaban J connectivity index is 1.60. The topological polar surface area (TPSA) is 114 Å². The third-order valence-electron chi connectivity index (χ3n) is 6.22. The molecule has 0 radical (unpaired) electrons. The van der Waals surface area contributed by atoms with Crippen LogP contribution < -0.4 is 10.6 Å². The number of nitrogens with zero attached hydrogens (tertiary/aromatic N) is 2. The number of aromatic nitrogens is 1. The van der Waals surface area contributed by atoms with Crippen molar-refractivity contribution in [3.8, 4) is 11.1 Å². The van der Waals surface area contributed by atoms with E-state index in [1.54, 1.807) is 6.92 Å². The lowest BCUT2D eigenvalue weighted by Crippen LogP contribution is -2.27. The zero-order chi connectivity index (χ0) is 24.9. The summed E-state index contributed by atoms with van der Waals surface area (Å²) in [6.45, 7) is 1.74. The number of nitro groups is 1. The van der Waals surface area contributed by atoms with Crippen LogP contribution in [0.4, 0.5) is 15.9 Å². The fourth-order valence-electron chi connectivity index (χ4n) is 4.30. The predicted octanol–water partition coefficient (Wildman–Crippen LogP) is 5.42. The molecule has 1 aromatic heterocycles. The molecule has 1 heterocycles. The molecule has 1 aliphatic carbocycles. The number of nitrogens with one attached hydrogen (secondary N) is 2. The Bertz CT molecular complexity index is 1260. The Labute approximate surface area is 201 Å². The van der Waals surface area contributed by atoms with E-state index < -0.39 is 33.9 Å². The Morgan fingerprint density at radius 3 is 2.51 bits per heavy atom. The van der Waals surface area contributed by atoms with E-state index in [0.29, 0.717) is 5.56 Å². The van der Waals surface area contributed by atoms with E-state index >= 15 is 4.39 Å². The van der Waals surface area contributed by atoms with Crippen LogP contribution >= 0.6 is 0 Å². The van der Waals surface area contributed by atoms with Gasteiger partial charge in [0, 0.05) is 18.2 Å². The van der Waals surface area contributed by atoms with Crippen molar-refractivity contribution < 1.29 is 18.9 Å². The second-order valence-corrected chi connectivity index (χ2v) is 8.61. The van der Waals surface area contributed by atoms with E-state index in [2.05, 4.69) is 15.6 Å². The van der Waals surface area contributed by atoms with Crippen molar-refractivity contribution in [2.24, 2.45) is 5.92 Å². The number of rotatable bonds is 7. The fourth-order valence-corrected chi connectivity index (χ4v) is 4.30. The number of pyridine rings is 1. The van der Waals surface area contributed by atoms with E-state index in [1.807, 2.05) is 30.3 Å². The van der Waals surface area contributed by atoms with Gasteiger partial charge in [0.15, 0.2) is 0 Å². The summed E-state index contributed by atoms with van der Waals surface area (Å²) in [6, 6.07) is 13.6. The van der Waals surface area contributed by atoms with Gasteiger partial charge in [0.25, 0.3) is 11.6 Å². The smallest absolute Gasteiger partial charge is 0.278 e. The molecule has 1 saturated carbocycles. The molecule has 2 N–H and O–H groups in total. The van der Waals surface area contributed by atoms with Gasteiger partial charge in [-0.25, -0.2) is 9.37 Å². The molecule has 1 atom stereocenters. The van der Waals surface area contributed by atoms with Gasteiger partial charge in [0.05, 0.1) is 22.1 Å². The van der Waals surface area contributed by atoms with Crippen LogP contribution in [-0.4, -0.2) is 21.7 Å². The maximum absolute atomic E-state index is 15.0. The largest absolute Gasteiger partial charge is 0.345 e. The second-order valence-electron chi connectivity index (χ2n) is 8.61. The minimum Gasteiger partial charge on any atom is -0.345 e. The molecule has 0 bridgehead atoms. The van der Waals surface area contributed by atoms with E-state index in [9.17, 15) is 19.7 Å². The Kier molecular flexibility index (Phi) is 7.14. The average Bonchev–Trinajstić information content (AvgIpc) is 3.39. The highest BCUT2D eigenvalue weighted by Crippen LogP contribution is 2.34. The summed E-state index contributed by atoms with van der Waals surface area (Å²) in [5.74, 6) is -1.65. The van der Waals surface area contributed by atoms with Crippen LogP contribution in [0.3, 0.4) is 0 Å². The van der Waals surface area contributed by atoms with Crippen LogP contribution in [0.1, 0.15) is 54.6 Å². The lowest BCUT2D eigenvalue weighted by Gasteiger charge is -2.15. The molecule has 0 aliphatic heterocycles. The highest BCUT2D eigenvalue weighted by atomic mass is 19.1. The number of amides is 2.